The molecule has 2 rings (SSSR count). The van der Waals surface area contributed by atoms with Crippen LogP contribution >= 0.6 is 0 Å². The third kappa shape index (κ3) is 2.06. The van der Waals surface area contributed by atoms with Crippen LogP contribution in [0.3, 0.4) is 0 Å². The standard InChI is InChI=1S/C11H15NO3/c13-9-4-3-7(6-10(9)14)11(15)8-2-1-5-12-8/h3-4,6,8,11-15H,1-2,5H2. The molecular weight excluding hydrogens is 194 g/mol. The molecule has 4 N–H and O–H groups in total. The highest BCUT2D eigenvalue weighted by atomic mass is 16.3. The molecule has 0 bridgehead atoms. The van der Waals surface area contributed by atoms with Gasteiger partial charge in [-0.25, -0.2) is 0 Å². The Morgan fingerprint density at radius 1 is 1.27 bits per heavy atom. The maximum atomic E-state index is 9.98. The van der Waals surface area contributed by atoms with Crippen LogP contribution in [0.5, 0.6) is 11.5 Å². The summed E-state index contributed by atoms with van der Waals surface area (Å²) >= 11 is 0. The van der Waals surface area contributed by atoms with Gasteiger partial charge in [0.25, 0.3) is 0 Å². The first kappa shape index (κ1) is 10.3. The van der Waals surface area contributed by atoms with Crippen LogP contribution in [0.4, 0.5) is 0 Å². The van der Waals surface area contributed by atoms with Crippen molar-refractivity contribution < 1.29 is 15.3 Å². The van der Waals surface area contributed by atoms with E-state index in [-0.39, 0.29) is 17.5 Å². The molecule has 1 aliphatic heterocycles. The Balaban J connectivity index is 2.17. The molecule has 1 heterocycles. The molecule has 1 saturated heterocycles. The Morgan fingerprint density at radius 2 is 2.07 bits per heavy atom. The van der Waals surface area contributed by atoms with Gasteiger partial charge in [-0.3, -0.25) is 0 Å². The van der Waals surface area contributed by atoms with Gasteiger partial charge in [-0.05, 0) is 37.1 Å². The van der Waals surface area contributed by atoms with E-state index in [2.05, 4.69) is 5.32 Å². The van der Waals surface area contributed by atoms with E-state index in [1.165, 1.54) is 12.1 Å². The fourth-order valence-corrected chi connectivity index (χ4v) is 1.94. The number of aromatic hydroxyl groups is 2. The molecule has 4 nitrogen and oxygen atoms in total. The van der Waals surface area contributed by atoms with Gasteiger partial charge < -0.3 is 20.6 Å². The fraction of sp³-hybridized carbons (Fsp3) is 0.455. The third-order valence-electron chi connectivity index (χ3n) is 2.82. The molecule has 82 valence electrons. The van der Waals surface area contributed by atoms with Crippen molar-refractivity contribution in [3.63, 3.8) is 0 Å². The lowest BCUT2D eigenvalue weighted by Gasteiger charge is -2.18. The highest BCUT2D eigenvalue weighted by Gasteiger charge is 2.24. The first-order chi connectivity index (χ1) is 7.18. The zero-order chi connectivity index (χ0) is 10.8. The van der Waals surface area contributed by atoms with Crippen LogP contribution in [0.15, 0.2) is 18.2 Å². The minimum absolute atomic E-state index is 0.0499. The molecule has 15 heavy (non-hydrogen) atoms. The Labute approximate surface area is 88.2 Å². The van der Waals surface area contributed by atoms with Gasteiger partial charge in [0.05, 0.1) is 6.10 Å². The van der Waals surface area contributed by atoms with E-state index in [0.717, 1.165) is 19.4 Å². The molecule has 1 aromatic carbocycles. The van der Waals surface area contributed by atoms with Gasteiger partial charge >= 0.3 is 0 Å². The highest BCUT2D eigenvalue weighted by Crippen LogP contribution is 2.30. The van der Waals surface area contributed by atoms with Crippen LogP contribution in [-0.2, 0) is 0 Å². The van der Waals surface area contributed by atoms with Crippen LogP contribution in [0.2, 0.25) is 0 Å². The molecule has 1 aliphatic rings. The summed E-state index contributed by atoms with van der Waals surface area (Å²) in [6, 6.07) is 4.47. The van der Waals surface area contributed by atoms with Crippen molar-refractivity contribution in [2.75, 3.05) is 6.54 Å². The van der Waals surface area contributed by atoms with Crippen LogP contribution in [0.1, 0.15) is 24.5 Å². The molecule has 1 fully saturated rings. The molecule has 0 spiro atoms. The summed E-state index contributed by atoms with van der Waals surface area (Å²) in [7, 11) is 0. The van der Waals surface area contributed by atoms with Gasteiger partial charge in [0.2, 0.25) is 0 Å². The van der Waals surface area contributed by atoms with Crippen molar-refractivity contribution in [3.8, 4) is 11.5 Å². The van der Waals surface area contributed by atoms with E-state index in [4.69, 9.17) is 5.11 Å². The first-order valence-electron chi connectivity index (χ1n) is 5.12. The van der Waals surface area contributed by atoms with Gasteiger partial charge in [0.1, 0.15) is 0 Å². The molecule has 2 atom stereocenters. The smallest absolute Gasteiger partial charge is 0.157 e. The summed E-state index contributed by atoms with van der Waals surface area (Å²) in [6.45, 7) is 0.922. The summed E-state index contributed by atoms with van der Waals surface area (Å²) in [4.78, 5) is 0. The second-order valence-corrected chi connectivity index (χ2v) is 3.90. The van der Waals surface area contributed by atoms with Gasteiger partial charge in [-0.1, -0.05) is 6.07 Å². The zero-order valence-electron chi connectivity index (χ0n) is 8.35. The van der Waals surface area contributed by atoms with E-state index < -0.39 is 6.10 Å². The Morgan fingerprint density at radius 3 is 2.67 bits per heavy atom. The number of hydrogen-bond acceptors (Lipinski definition) is 4. The predicted molar refractivity (Wildman–Crippen MR) is 55.8 cm³/mol. The minimum Gasteiger partial charge on any atom is -0.504 e. The highest BCUT2D eigenvalue weighted by molar-refractivity contribution is 5.41. The average Bonchev–Trinajstić information content (AvgIpc) is 2.74. The number of nitrogens with one attached hydrogen (secondary N) is 1. The minimum atomic E-state index is -0.626. The lowest BCUT2D eigenvalue weighted by molar-refractivity contribution is 0.137. The fourth-order valence-electron chi connectivity index (χ4n) is 1.94. The van der Waals surface area contributed by atoms with E-state index in [1.807, 2.05) is 0 Å². The summed E-state index contributed by atoms with van der Waals surface area (Å²) in [6.07, 6.45) is 1.37. The molecule has 0 aromatic heterocycles. The molecule has 1 aromatic rings. The van der Waals surface area contributed by atoms with Crippen molar-refractivity contribution in [2.45, 2.75) is 25.0 Å². The van der Waals surface area contributed by atoms with Crippen molar-refractivity contribution in [1.29, 1.82) is 0 Å². The monoisotopic (exact) mass is 209 g/mol. The molecular formula is C11H15NO3. The van der Waals surface area contributed by atoms with Crippen molar-refractivity contribution >= 4 is 0 Å². The Kier molecular flexibility index (Phi) is 2.79. The summed E-state index contributed by atoms with van der Waals surface area (Å²) in [5.74, 6) is -0.352. The third-order valence-corrected chi connectivity index (χ3v) is 2.82. The maximum absolute atomic E-state index is 9.98. The molecule has 0 aliphatic carbocycles. The quantitative estimate of drug-likeness (QED) is 0.546. The van der Waals surface area contributed by atoms with E-state index in [1.54, 1.807) is 6.07 Å². The Bertz CT molecular complexity index is 348. The number of phenolic OH excluding ortho intramolecular Hbond substituents is 2. The molecule has 0 radical (unpaired) electrons. The second kappa shape index (κ2) is 4.08. The number of rotatable bonds is 2. The maximum Gasteiger partial charge on any atom is 0.157 e. The predicted octanol–water partition coefficient (Wildman–Crippen LogP) is 0.883. The van der Waals surface area contributed by atoms with Crippen molar-refractivity contribution in [2.24, 2.45) is 0 Å². The van der Waals surface area contributed by atoms with Gasteiger partial charge in [0, 0.05) is 6.04 Å². The normalized spacial score (nSPS) is 22.9. The topological polar surface area (TPSA) is 72.7 Å². The second-order valence-electron chi connectivity index (χ2n) is 3.90. The molecule has 2 unspecified atom stereocenters. The number of aliphatic hydroxyl groups excluding tert-OH is 1. The van der Waals surface area contributed by atoms with Gasteiger partial charge in [0.15, 0.2) is 11.5 Å². The molecule has 0 amide bonds. The van der Waals surface area contributed by atoms with Crippen molar-refractivity contribution in [1.82, 2.24) is 5.32 Å². The number of aliphatic hydroxyl groups is 1. The van der Waals surface area contributed by atoms with Crippen LogP contribution in [0.25, 0.3) is 0 Å². The van der Waals surface area contributed by atoms with Crippen molar-refractivity contribution in [3.05, 3.63) is 23.8 Å². The SMILES string of the molecule is Oc1ccc(C(O)C2CCCN2)cc1O. The zero-order valence-corrected chi connectivity index (χ0v) is 8.35. The molecule has 0 saturated carbocycles. The Hall–Kier alpha value is -1.26. The lowest BCUT2D eigenvalue weighted by atomic mass is 10.0. The van der Waals surface area contributed by atoms with Gasteiger partial charge in [-0.2, -0.15) is 0 Å². The summed E-state index contributed by atoms with van der Waals surface area (Å²) in [5.41, 5.74) is 0.629. The largest absolute Gasteiger partial charge is 0.504 e. The van der Waals surface area contributed by atoms with Crippen LogP contribution in [0, 0.1) is 0 Å². The number of benzene rings is 1. The summed E-state index contributed by atoms with van der Waals surface area (Å²) < 4.78 is 0. The first-order valence-corrected chi connectivity index (χ1v) is 5.12. The van der Waals surface area contributed by atoms with E-state index in [9.17, 15) is 10.2 Å². The van der Waals surface area contributed by atoms with Gasteiger partial charge in [-0.15, -0.1) is 0 Å². The number of hydrogen-bond donors (Lipinski definition) is 4. The van der Waals surface area contributed by atoms with E-state index in [0.29, 0.717) is 5.56 Å². The average molecular weight is 209 g/mol. The molecule has 4 heteroatoms. The summed E-state index contributed by atoms with van der Waals surface area (Å²) in [5, 5.41) is 31.6. The van der Waals surface area contributed by atoms with E-state index >= 15 is 0 Å². The number of phenols is 2. The van der Waals surface area contributed by atoms with Crippen LogP contribution < -0.4 is 5.32 Å². The van der Waals surface area contributed by atoms with Crippen LogP contribution in [-0.4, -0.2) is 27.9 Å². The lowest BCUT2D eigenvalue weighted by Crippen LogP contribution is -2.28.